The Balaban J connectivity index is 2.08. The molecule has 0 amide bonds. The van der Waals surface area contributed by atoms with Crippen LogP contribution in [-0.4, -0.2) is 31.3 Å². The maximum Gasteiger partial charge on any atom is 0.356 e. The molecule has 2 aromatic rings. The lowest BCUT2D eigenvalue weighted by Gasteiger charge is -2.30. The van der Waals surface area contributed by atoms with E-state index in [0.717, 1.165) is 31.4 Å². The summed E-state index contributed by atoms with van der Waals surface area (Å²) in [5.41, 5.74) is -3.86. The third kappa shape index (κ3) is 3.29. The van der Waals surface area contributed by atoms with Gasteiger partial charge in [0.25, 0.3) is 0 Å². The topological polar surface area (TPSA) is 48.4 Å². The van der Waals surface area contributed by atoms with Crippen LogP contribution in [0, 0.1) is 17.5 Å². The van der Waals surface area contributed by atoms with Crippen molar-refractivity contribution in [2.24, 2.45) is 0 Å². The number of carbonyl (C=O) groups is 1. The van der Waals surface area contributed by atoms with Crippen molar-refractivity contribution in [3.8, 4) is 11.3 Å². The van der Waals surface area contributed by atoms with Gasteiger partial charge in [0.1, 0.15) is 34.5 Å². The van der Waals surface area contributed by atoms with Gasteiger partial charge in [-0.3, -0.25) is 0 Å². The molecular formula is C18H15F4NO3. The number of halogens is 4. The van der Waals surface area contributed by atoms with Gasteiger partial charge in [0, 0.05) is 26.1 Å². The summed E-state index contributed by atoms with van der Waals surface area (Å²) < 4.78 is 67.7. The average Bonchev–Trinajstić information content (AvgIpc) is 2.62. The highest BCUT2D eigenvalue weighted by Crippen LogP contribution is 2.39. The number of methoxy groups -OCH3 is 1. The monoisotopic (exact) mass is 369 g/mol. The predicted molar refractivity (Wildman–Crippen MR) is 83.7 cm³/mol. The van der Waals surface area contributed by atoms with Gasteiger partial charge in [-0.15, -0.1) is 0 Å². The van der Waals surface area contributed by atoms with Crippen LogP contribution >= 0.6 is 0 Å². The van der Waals surface area contributed by atoms with Crippen LogP contribution in [0.25, 0.3) is 11.3 Å². The molecule has 0 N–H and O–H groups in total. The number of aromatic nitrogens is 1. The largest absolute Gasteiger partial charge is 0.464 e. The first kappa shape index (κ1) is 18.3. The maximum absolute atomic E-state index is 14.9. The van der Waals surface area contributed by atoms with E-state index in [4.69, 9.17) is 4.74 Å². The Hall–Kier alpha value is -2.48. The molecule has 1 fully saturated rings. The normalized spacial score (nSPS) is 16.3. The molecule has 0 radical (unpaired) electrons. The van der Waals surface area contributed by atoms with Crippen molar-refractivity contribution in [1.82, 2.24) is 4.98 Å². The van der Waals surface area contributed by atoms with Crippen molar-refractivity contribution in [1.29, 1.82) is 0 Å². The van der Waals surface area contributed by atoms with Crippen molar-refractivity contribution in [2.75, 3.05) is 20.3 Å². The van der Waals surface area contributed by atoms with Gasteiger partial charge in [-0.1, -0.05) is 0 Å². The second-order valence-electron chi connectivity index (χ2n) is 5.91. The number of carbonyl (C=O) groups excluding carboxylic acids is 1. The van der Waals surface area contributed by atoms with Gasteiger partial charge in [0.2, 0.25) is 0 Å². The fourth-order valence-corrected chi connectivity index (χ4v) is 2.88. The standard InChI is InChI=1S/C18H15F4NO3/c1-25-17(24)14-3-2-11(19)16(23-14)15-12(20)8-10(9-13(15)21)18(22)4-6-26-7-5-18/h2-3,8-9H,4-7H2,1H3. The van der Waals surface area contributed by atoms with E-state index < -0.39 is 40.3 Å². The molecule has 138 valence electrons. The quantitative estimate of drug-likeness (QED) is 0.608. The summed E-state index contributed by atoms with van der Waals surface area (Å²) in [4.78, 5) is 15.2. The Labute approximate surface area is 146 Å². The number of benzene rings is 1. The van der Waals surface area contributed by atoms with Crippen LogP contribution in [-0.2, 0) is 15.1 Å². The Kier molecular flexibility index (Phi) is 4.95. The number of esters is 1. The molecule has 26 heavy (non-hydrogen) atoms. The lowest BCUT2D eigenvalue weighted by Crippen LogP contribution is -2.29. The first-order chi connectivity index (χ1) is 12.4. The molecule has 1 aromatic carbocycles. The van der Waals surface area contributed by atoms with E-state index in [9.17, 15) is 22.4 Å². The molecule has 0 atom stereocenters. The zero-order valence-electron chi connectivity index (χ0n) is 13.8. The number of nitrogens with zero attached hydrogens (tertiary/aromatic N) is 1. The molecule has 1 aliphatic heterocycles. The third-order valence-corrected chi connectivity index (χ3v) is 4.32. The second kappa shape index (κ2) is 7.03. The summed E-state index contributed by atoms with van der Waals surface area (Å²) in [5, 5.41) is 0. The summed E-state index contributed by atoms with van der Waals surface area (Å²) >= 11 is 0. The highest BCUT2D eigenvalue weighted by atomic mass is 19.1. The van der Waals surface area contributed by atoms with Gasteiger partial charge >= 0.3 is 5.97 Å². The van der Waals surface area contributed by atoms with Gasteiger partial charge in [-0.25, -0.2) is 27.3 Å². The third-order valence-electron chi connectivity index (χ3n) is 4.32. The molecule has 0 saturated carbocycles. The number of pyridine rings is 1. The first-order valence-electron chi connectivity index (χ1n) is 7.87. The van der Waals surface area contributed by atoms with Gasteiger partial charge in [0.05, 0.1) is 12.7 Å². The summed E-state index contributed by atoms with van der Waals surface area (Å²) in [7, 11) is 1.09. The molecule has 3 rings (SSSR count). The Bertz CT molecular complexity index is 827. The number of ether oxygens (including phenoxy) is 2. The smallest absolute Gasteiger partial charge is 0.356 e. The molecule has 4 nitrogen and oxygen atoms in total. The van der Waals surface area contributed by atoms with E-state index in [1.165, 1.54) is 0 Å². The lowest BCUT2D eigenvalue weighted by molar-refractivity contribution is -0.0117. The van der Waals surface area contributed by atoms with E-state index in [1.807, 2.05) is 0 Å². The minimum Gasteiger partial charge on any atom is -0.464 e. The van der Waals surface area contributed by atoms with E-state index >= 15 is 0 Å². The van der Waals surface area contributed by atoms with Gasteiger partial charge in [0.15, 0.2) is 0 Å². The zero-order chi connectivity index (χ0) is 18.9. The Morgan fingerprint density at radius 3 is 2.31 bits per heavy atom. The van der Waals surface area contributed by atoms with Crippen LogP contribution < -0.4 is 0 Å². The SMILES string of the molecule is COC(=O)c1ccc(F)c(-c2c(F)cc(C3(F)CCOCC3)cc2F)n1. The van der Waals surface area contributed by atoms with E-state index in [-0.39, 0.29) is 37.3 Å². The van der Waals surface area contributed by atoms with Crippen LogP contribution in [0.15, 0.2) is 24.3 Å². The summed E-state index contributed by atoms with van der Waals surface area (Å²) in [6.07, 6.45) is -0.0642. The van der Waals surface area contributed by atoms with E-state index in [1.54, 1.807) is 0 Å². The number of hydrogen-bond donors (Lipinski definition) is 0. The van der Waals surface area contributed by atoms with Crippen LogP contribution in [0.4, 0.5) is 17.6 Å². The van der Waals surface area contributed by atoms with Crippen molar-refractivity contribution >= 4 is 5.97 Å². The minimum atomic E-state index is -1.92. The molecule has 1 aromatic heterocycles. The van der Waals surface area contributed by atoms with E-state index in [0.29, 0.717) is 0 Å². The minimum absolute atomic E-state index is 0.0321. The van der Waals surface area contributed by atoms with Crippen LogP contribution in [0.5, 0.6) is 0 Å². The highest BCUT2D eigenvalue weighted by Gasteiger charge is 2.36. The first-order valence-corrected chi connectivity index (χ1v) is 7.87. The molecule has 2 heterocycles. The average molecular weight is 369 g/mol. The molecule has 0 spiro atoms. The summed E-state index contributed by atoms with van der Waals surface area (Å²) in [6.45, 7) is 0.275. The van der Waals surface area contributed by atoms with Crippen LogP contribution in [0.3, 0.4) is 0 Å². The predicted octanol–water partition coefficient (Wildman–Crippen LogP) is 3.93. The Morgan fingerprint density at radius 2 is 1.73 bits per heavy atom. The van der Waals surface area contributed by atoms with Crippen LogP contribution in [0.1, 0.15) is 28.9 Å². The molecular weight excluding hydrogens is 354 g/mol. The number of hydrogen-bond acceptors (Lipinski definition) is 4. The number of rotatable bonds is 3. The molecule has 8 heteroatoms. The van der Waals surface area contributed by atoms with Gasteiger partial charge < -0.3 is 9.47 Å². The fraction of sp³-hybridized carbons (Fsp3) is 0.333. The maximum atomic E-state index is 14.9. The molecule has 1 aliphatic rings. The van der Waals surface area contributed by atoms with Crippen molar-refractivity contribution < 1.29 is 31.8 Å². The highest BCUT2D eigenvalue weighted by molar-refractivity contribution is 5.87. The summed E-state index contributed by atoms with van der Waals surface area (Å²) in [6, 6.07) is 3.55. The van der Waals surface area contributed by atoms with Gasteiger partial charge in [-0.2, -0.15) is 0 Å². The number of alkyl halides is 1. The van der Waals surface area contributed by atoms with E-state index in [2.05, 4.69) is 9.72 Å². The zero-order valence-corrected chi connectivity index (χ0v) is 13.8. The van der Waals surface area contributed by atoms with Crippen molar-refractivity contribution in [3.05, 3.63) is 53.0 Å². The fourth-order valence-electron chi connectivity index (χ4n) is 2.88. The second-order valence-corrected chi connectivity index (χ2v) is 5.91. The van der Waals surface area contributed by atoms with Crippen molar-refractivity contribution in [2.45, 2.75) is 18.5 Å². The van der Waals surface area contributed by atoms with Crippen molar-refractivity contribution in [3.63, 3.8) is 0 Å². The Morgan fingerprint density at radius 1 is 1.12 bits per heavy atom. The molecule has 0 aliphatic carbocycles. The molecule has 0 unspecified atom stereocenters. The lowest BCUT2D eigenvalue weighted by atomic mass is 9.87. The van der Waals surface area contributed by atoms with Crippen LogP contribution in [0.2, 0.25) is 0 Å². The molecule has 0 bridgehead atoms. The van der Waals surface area contributed by atoms with Gasteiger partial charge in [-0.05, 0) is 29.8 Å². The molecule has 1 saturated heterocycles. The summed E-state index contributed by atoms with van der Waals surface area (Å²) in [5.74, 6) is -4.24.